The average Bonchev–Trinajstić information content (AvgIpc) is 3.19. The Labute approximate surface area is 175 Å². The fourth-order valence-electron chi connectivity index (χ4n) is 4.93. The quantitative estimate of drug-likeness (QED) is 0.699. The zero-order valence-corrected chi connectivity index (χ0v) is 17.3. The van der Waals surface area contributed by atoms with Gasteiger partial charge in [-0.25, -0.2) is 0 Å². The van der Waals surface area contributed by atoms with Crippen LogP contribution in [-0.4, -0.2) is 54.6 Å². The van der Waals surface area contributed by atoms with Gasteiger partial charge in [0.25, 0.3) is 5.91 Å². The molecule has 1 fully saturated rings. The van der Waals surface area contributed by atoms with Crippen LogP contribution in [0, 0.1) is 0 Å². The lowest BCUT2D eigenvalue weighted by Gasteiger charge is -2.44. The first-order valence-electron chi connectivity index (χ1n) is 10.4. The molecule has 1 amide bonds. The maximum absolute atomic E-state index is 13.2. The van der Waals surface area contributed by atoms with Crippen LogP contribution >= 0.6 is 0 Å². The second-order valence-corrected chi connectivity index (χ2v) is 7.99. The predicted octanol–water partition coefficient (Wildman–Crippen LogP) is 2.86. The van der Waals surface area contributed by atoms with Crippen LogP contribution in [0.4, 0.5) is 0 Å². The van der Waals surface area contributed by atoms with Crippen molar-refractivity contribution in [3.63, 3.8) is 0 Å². The van der Waals surface area contributed by atoms with Crippen molar-refractivity contribution in [2.24, 2.45) is 0 Å². The number of methoxy groups -OCH3 is 2. The first kappa shape index (κ1) is 18.9. The maximum Gasteiger partial charge on any atom is 0.259 e. The highest BCUT2D eigenvalue weighted by Crippen LogP contribution is 2.40. The van der Waals surface area contributed by atoms with Gasteiger partial charge in [-0.2, -0.15) is 4.98 Å². The van der Waals surface area contributed by atoms with Gasteiger partial charge in [-0.15, -0.1) is 0 Å². The molecule has 0 aliphatic carbocycles. The first-order valence-corrected chi connectivity index (χ1v) is 10.4. The largest absolute Gasteiger partial charge is 0.481 e. The number of carbonyl (C=O) groups is 1. The van der Waals surface area contributed by atoms with Crippen LogP contribution in [0.3, 0.4) is 0 Å². The normalized spacial score (nSPS) is 17.7. The van der Waals surface area contributed by atoms with Gasteiger partial charge in [-0.1, -0.05) is 18.2 Å². The standard InChI is InChI=1S/C23H26N4O3/c1-29-19-8-7-17(21(26-19)30-2)22(28)27-13-10-23(11-14-27)20-16(9-12-24-23)15-5-3-4-6-18(15)25-20/h3-8,24-25H,9-14H2,1-2H3. The van der Waals surface area contributed by atoms with E-state index in [9.17, 15) is 4.79 Å². The molecule has 2 aromatic heterocycles. The molecule has 2 aliphatic rings. The molecule has 1 saturated heterocycles. The molecule has 0 radical (unpaired) electrons. The summed E-state index contributed by atoms with van der Waals surface area (Å²) in [6.07, 6.45) is 2.76. The maximum atomic E-state index is 13.2. The molecular formula is C23H26N4O3. The summed E-state index contributed by atoms with van der Waals surface area (Å²) in [7, 11) is 3.07. The van der Waals surface area contributed by atoms with Crippen molar-refractivity contribution >= 4 is 16.8 Å². The Morgan fingerprint density at radius 2 is 1.90 bits per heavy atom. The SMILES string of the molecule is COc1ccc(C(=O)N2CCC3(CC2)NCCc2c3[nH]c3ccccc23)c(OC)n1. The molecular weight excluding hydrogens is 380 g/mol. The Hall–Kier alpha value is -3.06. The molecule has 7 nitrogen and oxygen atoms in total. The number of amides is 1. The van der Waals surface area contributed by atoms with Crippen LogP contribution in [-0.2, 0) is 12.0 Å². The number of carbonyl (C=O) groups excluding carboxylic acids is 1. The summed E-state index contributed by atoms with van der Waals surface area (Å²) in [6, 6.07) is 11.9. The molecule has 7 heteroatoms. The number of fused-ring (bicyclic) bond motifs is 4. The number of piperidine rings is 1. The van der Waals surface area contributed by atoms with Crippen molar-refractivity contribution in [2.75, 3.05) is 33.9 Å². The summed E-state index contributed by atoms with van der Waals surface area (Å²) < 4.78 is 10.5. The number of para-hydroxylation sites is 1. The van der Waals surface area contributed by atoms with Gasteiger partial charge in [0, 0.05) is 42.3 Å². The lowest BCUT2D eigenvalue weighted by molar-refractivity contribution is 0.0622. The van der Waals surface area contributed by atoms with Crippen LogP contribution in [0.2, 0.25) is 0 Å². The fraction of sp³-hybridized carbons (Fsp3) is 0.391. The molecule has 4 heterocycles. The van der Waals surface area contributed by atoms with E-state index in [0.717, 1.165) is 25.8 Å². The van der Waals surface area contributed by atoms with E-state index in [1.54, 1.807) is 19.2 Å². The number of hydrogen-bond acceptors (Lipinski definition) is 5. The topological polar surface area (TPSA) is 79.5 Å². The highest BCUT2D eigenvalue weighted by molar-refractivity contribution is 5.96. The Balaban J connectivity index is 1.39. The van der Waals surface area contributed by atoms with Crippen LogP contribution in [0.1, 0.15) is 34.5 Å². The number of benzene rings is 1. The third kappa shape index (κ3) is 2.92. The van der Waals surface area contributed by atoms with E-state index in [0.29, 0.717) is 30.4 Å². The average molecular weight is 406 g/mol. The number of nitrogens with zero attached hydrogens (tertiary/aromatic N) is 2. The molecule has 2 N–H and O–H groups in total. The van der Waals surface area contributed by atoms with Gasteiger partial charge < -0.3 is 24.7 Å². The van der Waals surface area contributed by atoms with Gasteiger partial charge in [0.15, 0.2) is 0 Å². The van der Waals surface area contributed by atoms with Crippen molar-refractivity contribution < 1.29 is 14.3 Å². The number of nitrogens with one attached hydrogen (secondary N) is 2. The minimum atomic E-state index is -0.106. The zero-order valence-electron chi connectivity index (χ0n) is 17.3. The highest BCUT2D eigenvalue weighted by Gasteiger charge is 2.42. The molecule has 2 aliphatic heterocycles. The van der Waals surface area contributed by atoms with Crippen LogP contribution < -0.4 is 14.8 Å². The highest BCUT2D eigenvalue weighted by atomic mass is 16.5. The number of likely N-dealkylation sites (tertiary alicyclic amines) is 1. The summed E-state index contributed by atoms with van der Waals surface area (Å²) in [5.74, 6) is 0.677. The third-order valence-corrected chi connectivity index (χ3v) is 6.50. The number of aromatic nitrogens is 2. The second kappa shape index (κ2) is 7.32. The van der Waals surface area contributed by atoms with Gasteiger partial charge >= 0.3 is 0 Å². The lowest BCUT2D eigenvalue weighted by atomic mass is 9.79. The van der Waals surface area contributed by atoms with Crippen LogP contribution in [0.5, 0.6) is 11.8 Å². The molecule has 1 aromatic carbocycles. The van der Waals surface area contributed by atoms with E-state index >= 15 is 0 Å². The summed E-state index contributed by atoms with van der Waals surface area (Å²) >= 11 is 0. The van der Waals surface area contributed by atoms with E-state index in [2.05, 4.69) is 39.6 Å². The Morgan fingerprint density at radius 3 is 2.67 bits per heavy atom. The van der Waals surface area contributed by atoms with Gasteiger partial charge in [0.1, 0.15) is 5.56 Å². The van der Waals surface area contributed by atoms with Gasteiger partial charge in [-0.3, -0.25) is 4.79 Å². The molecule has 30 heavy (non-hydrogen) atoms. The summed E-state index contributed by atoms with van der Waals surface area (Å²) in [5.41, 5.74) is 4.28. The molecule has 0 unspecified atom stereocenters. The van der Waals surface area contributed by atoms with E-state index in [-0.39, 0.29) is 11.4 Å². The number of hydrogen-bond donors (Lipinski definition) is 2. The number of H-pyrrole nitrogens is 1. The third-order valence-electron chi connectivity index (χ3n) is 6.50. The van der Waals surface area contributed by atoms with Crippen molar-refractivity contribution in [1.82, 2.24) is 20.2 Å². The number of rotatable bonds is 3. The second-order valence-electron chi connectivity index (χ2n) is 7.99. The number of pyridine rings is 1. The molecule has 5 rings (SSSR count). The van der Waals surface area contributed by atoms with Crippen molar-refractivity contribution in [2.45, 2.75) is 24.8 Å². The Kier molecular flexibility index (Phi) is 4.62. The molecule has 0 bridgehead atoms. The Morgan fingerprint density at radius 1 is 1.10 bits per heavy atom. The summed E-state index contributed by atoms with van der Waals surface area (Å²) in [4.78, 5) is 23.0. The van der Waals surface area contributed by atoms with Crippen LogP contribution in [0.15, 0.2) is 36.4 Å². The number of ether oxygens (including phenoxy) is 2. The molecule has 3 aromatic rings. The van der Waals surface area contributed by atoms with Crippen molar-refractivity contribution in [3.05, 3.63) is 53.2 Å². The molecule has 156 valence electrons. The minimum Gasteiger partial charge on any atom is -0.481 e. The monoisotopic (exact) mass is 406 g/mol. The summed E-state index contributed by atoms with van der Waals surface area (Å²) in [5, 5.41) is 5.09. The van der Waals surface area contributed by atoms with E-state index in [1.807, 2.05) is 4.90 Å². The number of aromatic amines is 1. The van der Waals surface area contributed by atoms with Gasteiger partial charge in [0.2, 0.25) is 11.8 Å². The molecule has 1 spiro atoms. The predicted molar refractivity (Wildman–Crippen MR) is 114 cm³/mol. The zero-order chi connectivity index (χ0) is 20.7. The van der Waals surface area contributed by atoms with Gasteiger partial charge in [0.05, 0.1) is 19.8 Å². The van der Waals surface area contributed by atoms with E-state index < -0.39 is 0 Å². The van der Waals surface area contributed by atoms with Gasteiger partial charge in [-0.05, 0) is 37.0 Å². The van der Waals surface area contributed by atoms with Crippen molar-refractivity contribution in [3.8, 4) is 11.8 Å². The smallest absolute Gasteiger partial charge is 0.259 e. The van der Waals surface area contributed by atoms with Crippen molar-refractivity contribution in [1.29, 1.82) is 0 Å². The summed E-state index contributed by atoms with van der Waals surface area (Å²) in [6.45, 7) is 2.31. The molecule has 0 saturated carbocycles. The minimum absolute atomic E-state index is 0.0514. The van der Waals surface area contributed by atoms with E-state index in [4.69, 9.17) is 9.47 Å². The Bertz CT molecular complexity index is 1100. The van der Waals surface area contributed by atoms with Crippen LogP contribution in [0.25, 0.3) is 10.9 Å². The lowest BCUT2D eigenvalue weighted by Crippen LogP contribution is -2.55. The molecule has 0 atom stereocenters. The first-order chi connectivity index (χ1) is 14.6. The van der Waals surface area contributed by atoms with E-state index in [1.165, 1.54) is 29.3 Å². The fourth-order valence-corrected chi connectivity index (χ4v) is 4.93.